The lowest BCUT2D eigenvalue weighted by atomic mass is 10.1. The van der Waals surface area contributed by atoms with E-state index >= 15 is 0 Å². The molecule has 1 N–H and O–H groups in total. The van der Waals surface area contributed by atoms with Crippen molar-refractivity contribution >= 4 is 29.3 Å². The first-order chi connectivity index (χ1) is 16.2. The second kappa shape index (κ2) is 9.87. The van der Waals surface area contributed by atoms with E-state index in [0.717, 1.165) is 42.6 Å². The van der Waals surface area contributed by atoms with Gasteiger partial charge in [0.25, 0.3) is 0 Å². The summed E-state index contributed by atoms with van der Waals surface area (Å²) in [5, 5.41) is 12.6. The van der Waals surface area contributed by atoms with Crippen LogP contribution in [-0.4, -0.2) is 40.9 Å². The van der Waals surface area contributed by atoms with Crippen molar-refractivity contribution in [2.24, 2.45) is 0 Å². The second-order valence-electron chi connectivity index (χ2n) is 8.56. The Balaban J connectivity index is 1.43. The van der Waals surface area contributed by atoms with Gasteiger partial charge in [-0.2, -0.15) is 0 Å². The molecule has 1 unspecified atom stereocenters. The molecule has 2 heterocycles. The van der Waals surface area contributed by atoms with Gasteiger partial charge in [-0.25, -0.2) is 0 Å². The summed E-state index contributed by atoms with van der Waals surface area (Å²) >= 11 is 1.48. The summed E-state index contributed by atoms with van der Waals surface area (Å²) in [6.45, 7) is 2.04. The molecule has 2 aliphatic rings. The zero-order valence-corrected chi connectivity index (χ0v) is 19.6. The lowest BCUT2D eigenvalue weighted by Gasteiger charge is -2.28. The first-order valence-corrected chi connectivity index (χ1v) is 12.5. The molecule has 1 saturated carbocycles. The normalized spacial score (nSPS) is 16.9. The summed E-state index contributed by atoms with van der Waals surface area (Å²) in [6, 6.07) is 17.7. The van der Waals surface area contributed by atoms with Gasteiger partial charge in [-0.05, 0) is 49.8 Å². The number of aromatic nitrogens is 3. The molecule has 1 saturated heterocycles. The molecule has 1 aromatic heterocycles. The van der Waals surface area contributed by atoms with Crippen molar-refractivity contribution in [1.29, 1.82) is 0 Å². The van der Waals surface area contributed by atoms with Crippen LogP contribution in [0.5, 0.6) is 5.75 Å². The number of piperidine rings is 1. The van der Waals surface area contributed by atoms with Gasteiger partial charge in [0, 0.05) is 30.9 Å². The Labute approximate surface area is 198 Å². The number of hydrogen-bond acceptors (Lipinski definition) is 6. The van der Waals surface area contributed by atoms with Gasteiger partial charge >= 0.3 is 0 Å². The number of methoxy groups -OCH3 is 1. The number of amides is 1. The second-order valence-corrected chi connectivity index (χ2v) is 9.63. The molecule has 7 nitrogen and oxygen atoms in total. The molecule has 172 valence electrons. The van der Waals surface area contributed by atoms with Gasteiger partial charge in [0.2, 0.25) is 11.9 Å². The molecule has 5 rings (SSSR count). The number of anilines is 2. The van der Waals surface area contributed by atoms with Crippen molar-refractivity contribution < 1.29 is 9.53 Å². The highest BCUT2D eigenvalue weighted by Gasteiger charge is 2.34. The fourth-order valence-electron chi connectivity index (χ4n) is 4.23. The van der Waals surface area contributed by atoms with Gasteiger partial charge in [-0.15, -0.1) is 10.2 Å². The van der Waals surface area contributed by atoms with E-state index in [1.807, 2.05) is 54.6 Å². The van der Waals surface area contributed by atoms with Crippen molar-refractivity contribution in [2.45, 2.75) is 48.6 Å². The number of rotatable bonds is 8. The number of carbonyl (C=O) groups is 1. The monoisotopic (exact) mass is 463 g/mol. The van der Waals surface area contributed by atoms with Crippen LogP contribution < -0.4 is 15.0 Å². The summed E-state index contributed by atoms with van der Waals surface area (Å²) in [5.41, 5.74) is 1.64. The predicted molar refractivity (Wildman–Crippen MR) is 131 cm³/mol. The van der Waals surface area contributed by atoms with Crippen LogP contribution in [0.25, 0.3) is 0 Å². The first-order valence-electron chi connectivity index (χ1n) is 11.6. The molecular formula is C25H29N5O2S. The predicted octanol–water partition coefficient (Wildman–Crippen LogP) is 5.08. The van der Waals surface area contributed by atoms with Gasteiger partial charge < -0.3 is 15.0 Å². The van der Waals surface area contributed by atoms with Crippen LogP contribution in [0.3, 0.4) is 0 Å². The zero-order valence-electron chi connectivity index (χ0n) is 18.8. The summed E-state index contributed by atoms with van der Waals surface area (Å²) < 4.78 is 7.57. The smallest absolute Gasteiger partial charge is 0.242 e. The fraction of sp³-hybridized carbons (Fsp3) is 0.400. The Kier molecular flexibility index (Phi) is 6.53. The molecular weight excluding hydrogens is 434 g/mol. The molecule has 0 bridgehead atoms. The highest BCUT2D eigenvalue weighted by atomic mass is 32.2. The van der Waals surface area contributed by atoms with E-state index in [2.05, 4.69) is 25.0 Å². The number of ether oxygens (including phenoxy) is 1. The molecule has 8 heteroatoms. The van der Waals surface area contributed by atoms with Crippen molar-refractivity contribution in [3.8, 4) is 5.75 Å². The maximum absolute atomic E-state index is 13.5. The summed E-state index contributed by atoms with van der Waals surface area (Å²) in [4.78, 5) is 15.8. The van der Waals surface area contributed by atoms with Crippen LogP contribution in [0.15, 0.2) is 59.8 Å². The molecule has 0 spiro atoms. The van der Waals surface area contributed by atoms with Gasteiger partial charge in [0.15, 0.2) is 5.16 Å². The third-order valence-electron chi connectivity index (χ3n) is 6.10. The number of thioether (sulfide) groups is 1. The van der Waals surface area contributed by atoms with E-state index in [0.29, 0.717) is 17.5 Å². The standard InChI is InChI=1S/C25H29N5O2S/c1-32-21-12-8-11-19(17-21)26-23(31)22(18-9-4-2-5-10-18)33-25-28-27-24(30(25)20-13-14-20)29-15-6-3-7-16-29/h2,4-5,8-12,17,20,22H,3,6-7,13-16H2,1H3,(H,26,31). The van der Waals surface area contributed by atoms with Crippen molar-refractivity contribution in [3.63, 3.8) is 0 Å². The minimum atomic E-state index is -0.451. The van der Waals surface area contributed by atoms with E-state index in [9.17, 15) is 4.79 Å². The third-order valence-corrected chi connectivity index (χ3v) is 7.31. The van der Waals surface area contributed by atoms with Crippen LogP contribution in [-0.2, 0) is 4.79 Å². The maximum atomic E-state index is 13.5. The number of carbonyl (C=O) groups excluding carboxylic acids is 1. The lowest BCUT2D eigenvalue weighted by Crippen LogP contribution is -2.32. The molecule has 33 heavy (non-hydrogen) atoms. The average Bonchev–Trinajstić information content (AvgIpc) is 3.62. The molecule has 3 aromatic rings. The largest absolute Gasteiger partial charge is 0.497 e. The van der Waals surface area contributed by atoms with E-state index in [1.54, 1.807) is 7.11 Å². The van der Waals surface area contributed by atoms with E-state index < -0.39 is 5.25 Å². The molecule has 2 fully saturated rings. The quantitative estimate of drug-likeness (QED) is 0.470. The maximum Gasteiger partial charge on any atom is 0.242 e. The molecule has 1 aliphatic carbocycles. The first kappa shape index (κ1) is 21.8. The van der Waals surface area contributed by atoms with Gasteiger partial charge in [0.1, 0.15) is 11.0 Å². The minimum absolute atomic E-state index is 0.0932. The Morgan fingerprint density at radius 1 is 1.06 bits per heavy atom. The number of nitrogens with zero attached hydrogens (tertiary/aromatic N) is 4. The Bertz CT molecular complexity index is 1090. The summed E-state index contributed by atoms with van der Waals surface area (Å²) in [6.07, 6.45) is 5.93. The van der Waals surface area contributed by atoms with Crippen molar-refractivity contribution in [2.75, 3.05) is 30.4 Å². The Morgan fingerprint density at radius 3 is 2.58 bits per heavy atom. The van der Waals surface area contributed by atoms with E-state index in [1.165, 1.54) is 31.0 Å². The Hall–Kier alpha value is -3.00. The Morgan fingerprint density at radius 2 is 1.85 bits per heavy atom. The lowest BCUT2D eigenvalue weighted by molar-refractivity contribution is -0.115. The van der Waals surface area contributed by atoms with Gasteiger partial charge in [0.05, 0.1) is 7.11 Å². The van der Waals surface area contributed by atoms with Crippen molar-refractivity contribution in [3.05, 3.63) is 60.2 Å². The topological polar surface area (TPSA) is 72.3 Å². The SMILES string of the molecule is COc1cccc(NC(=O)C(Sc2nnc(N3CCCCC3)n2C2CC2)c2ccccc2)c1. The van der Waals surface area contributed by atoms with Gasteiger partial charge in [-0.3, -0.25) is 9.36 Å². The minimum Gasteiger partial charge on any atom is -0.497 e. The molecule has 1 aliphatic heterocycles. The zero-order chi connectivity index (χ0) is 22.6. The third kappa shape index (κ3) is 5.00. The van der Waals surface area contributed by atoms with Crippen LogP contribution in [0.2, 0.25) is 0 Å². The molecule has 1 amide bonds. The van der Waals surface area contributed by atoms with Crippen LogP contribution >= 0.6 is 11.8 Å². The van der Waals surface area contributed by atoms with E-state index in [4.69, 9.17) is 4.74 Å². The highest BCUT2D eigenvalue weighted by Crippen LogP contribution is 2.44. The van der Waals surface area contributed by atoms with Crippen LogP contribution in [0, 0.1) is 0 Å². The van der Waals surface area contributed by atoms with Crippen molar-refractivity contribution in [1.82, 2.24) is 14.8 Å². The summed E-state index contributed by atoms with van der Waals surface area (Å²) in [7, 11) is 1.62. The molecule has 2 aromatic carbocycles. The summed E-state index contributed by atoms with van der Waals surface area (Å²) in [5.74, 6) is 1.57. The van der Waals surface area contributed by atoms with Crippen LogP contribution in [0.4, 0.5) is 11.6 Å². The number of nitrogens with one attached hydrogen (secondary N) is 1. The molecule has 0 radical (unpaired) electrons. The van der Waals surface area contributed by atoms with Gasteiger partial charge in [-0.1, -0.05) is 48.2 Å². The fourth-order valence-corrected chi connectivity index (χ4v) is 5.33. The number of hydrogen-bond donors (Lipinski definition) is 1. The molecule has 1 atom stereocenters. The highest BCUT2D eigenvalue weighted by molar-refractivity contribution is 8.00. The van der Waals surface area contributed by atoms with Crippen LogP contribution in [0.1, 0.15) is 49.0 Å². The van der Waals surface area contributed by atoms with E-state index in [-0.39, 0.29) is 5.91 Å². The average molecular weight is 464 g/mol. The number of benzene rings is 2.